The Labute approximate surface area is 186 Å². The van der Waals surface area contributed by atoms with E-state index in [1.54, 1.807) is 0 Å². The number of hydrogen-bond acceptors (Lipinski definition) is 3. The molecule has 0 N–H and O–H groups in total. The van der Waals surface area contributed by atoms with E-state index in [4.69, 9.17) is 0 Å². The second-order valence-electron chi connectivity index (χ2n) is 8.63. The quantitative estimate of drug-likeness (QED) is 0.251. The summed E-state index contributed by atoms with van der Waals surface area (Å²) in [5, 5.41) is 2.58. The Morgan fingerprint density at radius 2 is 0.781 bits per heavy atom. The van der Waals surface area contributed by atoms with Crippen molar-refractivity contribution < 1.29 is 0 Å². The van der Waals surface area contributed by atoms with E-state index < -0.39 is 0 Å². The SMILES string of the molecule is c1ccc2c(c1)-c1ccccc1N1B3N2c2ccccc2N3c2cccc3cccc1c23. The zero-order chi connectivity index (χ0) is 20.8. The number of hydrogen-bond donors (Lipinski definition) is 0. The zero-order valence-corrected chi connectivity index (χ0v) is 17.3. The molecular weight excluding hydrogens is 389 g/mol. The summed E-state index contributed by atoms with van der Waals surface area (Å²) < 4.78 is 0. The van der Waals surface area contributed by atoms with Crippen LogP contribution in [0.25, 0.3) is 21.9 Å². The topological polar surface area (TPSA) is 9.72 Å². The zero-order valence-electron chi connectivity index (χ0n) is 17.3. The molecule has 3 aliphatic rings. The molecule has 8 rings (SSSR count). The van der Waals surface area contributed by atoms with Crippen molar-refractivity contribution in [2.24, 2.45) is 0 Å². The molecule has 0 amide bonds. The van der Waals surface area contributed by atoms with Crippen LogP contribution < -0.4 is 14.4 Å². The lowest BCUT2D eigenvalue weighted by Crippen LogP contribution is -2.57. The van der Waals surface area contributed by atoms with Crippen molar-refractivity contribution in [3.8, 4) is 11.1 Å². The third-order valence-electron chi connectivity index (χ3n) is 7.09. The van der Waals surface area contributed by atoms with Crippen molar-refractivity contribution in [3.63, 3.8) is 0 Å². The Balaban J connectivity index is 1.59. The Hall–Kier alpha value is -4.18. The summed E-state index contributed by atoms with van der Waals surface area (Å²) in [6.45, 7) is 0. The van der Waals surface area contributed by atoms with Gasteiger partial charge in [-0.3, -0.25) is 0 Å². The van der Waals surface area contributed by atoms with Crippen LogP contribution in [0, 0.1) is 0 Å². The molecular formula is C28H18BN3. The maximum Gasteiger partial charge on any atom is 0.519 e. The monoisotopic (exact) mass is 407 g/mol. The molecule has 0 unspecified atom stereocenters. The molecule has 32 heavy (non-hydrogen) atoms. The highest BCUT2D eigenvalue weighted by atomic mass is 15.4. The van der Waals surface area contributed by atoms with Gasteiger partial charge >= 0.3 is 7.12 Å². The van der Waals surface area contributed by atoms with Gasteiger partial charge in [-0.15, -0.1) is 0 Å². The van der Waals surface area contributed by atoms with Crippen LogP contribution in [-0.2, 0) is 0 Å². The second kappa shape index (κ2) is 5.74. The molecule has 4 heteroatoms. The summed E-state index contributed by atoms with van der Waals surface area (Å²) >= 11 is 0. The molecule has 5 aromatic rings. The number of fused-ring (bicyclic) bond motifs is 10. The summed E-state index contributed by atoms with van der Waals surface area (Å²) in [6, 6.07) is 39.8. The van der Waals surface area contributed by atoms with Gasteiger partial charge in [-0.05, 0) is 41.8 Å². The third kappa shape index (κ3) is 1.85. The fourth-order valence-corrected chi connectivity index (χ4v) is 5.88. The Morgan fingerprint density at radius 3 is 1.34 bits per heavy atom. The van der Waals surface area contributed by atoms with Crippen LogP contribution in [0.1, 0.15) is 0 Å². The van der Waals surface area contributed by atoms with E-state index in [0.717, 1.165) is 0 Å². The van der Waals surface area contributed by atoms with Gasteiger partial charge in [0.2, 0.25) is 0 Å². The minimum Gasteiger partial charge on any atom is -0.344 e. The fraction of sp³-hybridized carbons (Fsp3) is 0. The minimum absolute atomic E-state index is 0.00213. The van der Waals surface area contributed by atoms with Gasteiger partial charge in [0.25, 0.3) is 0 Å². The molecule has 148 valence electrons. The Morgan fingerprint density at radius 1 is 0.375 bits per heavy atom. The van der Waals surface area contributed by atoms with Gasteiger partial charge in [0.05, 0.1) is 11.4 Å². The molecule has 0 spiro atoms. The van der Waals surface area contributed by atoms with Crippen molar-refractivity contribution in [1.29, 1.82) is 0 Å². The lowest BCUT2D eigenvalue weighted by molar-refractivity contribution is 1.27. The molecule has 3 aliphatic heterocycles. The molecule has 0 radical (unpaired) electrons. The second-order valence-corrected chi connectivity index (χ2v) is 8.63. The van der Waals surface area contributed by atoms with Gasteiger partial charge in [-0.2, -0.15) is 0 Å². The van der Waals surface area contributed by atoms with E-state index in [1.165, 1.54) is 56.0 Å². The molecule has 0 aromatic heterocycles. The Kier molecular flexibility index (Phi) is 2.96. The van der Waals surface area contributed by atoms with Crippen LogP contribution in [0.2, 0.25) is 0 Å². The van der Waals surface area contributed by atoms with Crippen LogP contribution in [0.3, 0.4) is 0 Å². The lowest BCUT2D eigenvalue weighted by Gasteiger charge is -2.42. The van der Waals surface area contributed by atoms with Gasteiger partial charge in [-0.25, -0.2) is 0 Å². The molecule has 3 heterocycles. The van der Waals surface area contributed by atoms with Gasteiger partial charge < -0.3 is 14.4 Å². The molecule has 3 nitrogen and oxygen atoms in total. The van der Waals surface area contributed by atoms with Crippen molar-refractivity contribution in [1.82, 2.24) is 0 Å². The molecule has 0 atom stereocenters. The maximum atomic E-state index is 2.53. The number of benzene rings is 5. The highest BCUT2D eigenvalue weighted by molar-refractivity contribution is 6.79. The molecule has 0 bridgehead atoms. The first-order valence-corrected chi connectivity index (χ1v) is 11.1. The summed E-state index contributed by atoms with van der Waals surface area (Å²) in [5.41, 5.74) is 10.0. The predicted molar refractivity (Wildman–Crippen MR) is 134 cm³/mol. The number of para-hydroxylation sites is 4. The highest BCUT2D eigenvalue weighted by Crippen LogP contribution is 2.58. The first-order valence-electron chi connectivity index (χ1n) is 11.1. The van der Waals surface area contributed by atoms with Crippen LogP contribution >= 0.6 is 0 Å². The first-order chi connectivity index (χ1) is 15.9. The predicted octanol–water partition coefficient (Wildman–Crippen LogP) is 7.25. The van der Waals surface area contributed by atoms with Gasteiger partial charge in [0, 0.05) is 39.3 Å². The number of nitrogens with zero attached hydrogens (tertiary/aromatic N) is 3. The van der Waals surface area contributed by atoms with E-state index in [9.17, 15) is 0 Å². The van der Waals surface area contributed by atoms with Crippen LogP contribution in [0.5, 0.6) is 0 Å². The summed E-state index contributed by atoms with van der Waals surface area (Å²) in [4.78, 5) is 7.56. The molecule has 0 aliphatic carbocycles. The van der Waals surface area contributed by atoms with E-state index in [2.05, 4.69) is 124 Å². The van der Waals surface area contributed by atoms with E-state index >= 15 is 0 Å². The largest absolute Gasteiger partial charge is 0.519 e. The molecule has 0 fully saturated rings. The van der Waals surface area contributed by atoms with E-state index in [1.807, 2.05) is 0 Å². The minimum atomic E-state index is -0.00213. The normalized spacial score (nSPS) is 14.6. The average molecular weight is 407 g/mol. The Bertz CT molecular complexity index is 1570. The standard InChI is InChI=1S/C28H18BN3/c1-3-13-22-20(11-1)21-12-2-4-14-23(21)31-26-17-7-9-19-10-8-18-27(28(19)26)32-25-16-6-5-15-24(25)30(22)29(31)32/h1-18H. The van der Waals surface area contributed by atoms with E-state index in [0.29, 0.717) is 0 Å². The summed E-state index contributed by atoms with van der Waals surface area (Å²) in [5.74, 6) is 0. The lowest BCUT2D eigenvalue weighted by atomic mass is 9.79. The van der Waals surface area contributed by atoms with Crippen molar-refractivity contribution in [2.75, 3.05) is 14.4 Å². The first kappa shape index (κ1) is 16.5. The molecule has 5 aromatic carbocycles. The summed E-state index contributed by atoms with van der Waals surface area (Å²) in [6.07, 6.45) is 0. The third-order valence-corrected chi connectivity index (χ3v) is 7.09. The van der Waals surface area contributed by atoms with Gasteiger partial charge in [0.15, 0.2) is 0 Å². The molecule has 0 saturated carbocycles. The van der Waals surface area contributed by atoms with Gasteiger partial charge in [-0.1, -0.05) is 72.8 Å². The molecule has 0 saturated heterocycles. The number of rotatable bonds is 0. The summed E-state index contributed by atoms with van der Waals surface area (Å²) in [7, 11) is -0.00213. The van der Waals surface area contributed by atoms with Crippen LogP contribution in [-0.4, -0.2) is 7.12 Å². The highest BCUT2D eigenvalue weighted by Gasteiger charge is 2.53. The van der Waals surface area contributed by atoms with Gasteiger partial charge in [0.1, 0.15) is 0 Å². The maximum absolute atomic E-state index is 2.53. The van der Waals surface area contributed by atoms with Crippen LogP contribution in [0.15, 0.2) is 109 Å². The van der Waals surface area contributed by atoms with Crippen molar-refractivity contribution >= 4 is 52.0 Å². The fourth-order valence-electron chi connectivity index (χ4n) is 5.88. The van der Waals surface area contributed by atoms with E-state index in [-0.39, 0.29) is 7.12 Å². The average Bonchev–Trinajstić information content (AvgIpc) is 3.13. The van der Waals surface area contributed by atoms with Crippen molar-refractivity contribution in [2.45, 2.75) is 0 Å². The number of anilines is 6. The smallest absolute Gasteiger partial charge is 0.344 e. The van der Waals surface area contributed by atoms with Crippen LogP contribution in [0.4, 0.5) is 34.1 Å². The van der Waals surface area contributed by atoms with Crippen molar-refractivity contribution in [3.05, 3.63) is 109 Å².